The SMILES string of the molecule is Cc1c(N2CC3CC(N)(C3)C2)c(F)cc2c(=O)c(C(=O)O)cn(C3CC3)c12. The minimum Gasteiger partial charge on any atom is -0.477 e. The number of benzene rings is 1. The topological polar surface area (TPSA) is 88.6 Å². The highest BCUT2D eigenvalue weighted by atomic mass is 19.1. The number of aryl methyl sites for hydroxylation is 1. The number of hydrogen-bond donors (Lipinski definition) is 2. The second-order valence-corrected chi connectivity index (χ2v) is 8.56. The number of pyridine rings is 1. The van der Waals surface area contributed by atoms with Crippen molar-refractivity contribution in [2.45, 2.75) is 44.2 Å². The summed E-state index contributed by atoms with van der Waals surface area (Å²) in [5.41, 5.74) is 7.02. The first-order valence-electron chi connectivity index (χ1n) is 9.42. The van der Waals surface area contributed by atoms with E-state index < -0.39 is 17.2 Å². The van der Waals surface area contributed by atoms with Gasteiger partial charge in [0.1, 0.15) is 11.4 Å². The van der Waals surface area contributed by atoms with Crippen molar-refractivity contribution in [1.82, 2.24) is 4.57 Å². The van der Waals surface area contributed by atoms with Gasteiger partial charge in [-0.2, -0.15) is 0 Å². The first kappa shape index (κ1) is 16.7. The van der Waals surface area contributed by atoms with Crippen molar-refractivity contribution < 1.29 is 14.3 Å². The van der Waals surface area contributed by atoms with Crippen molar-refractivity contribution in [1.29, 1.82) is 0 Å². The minimum atomic E-state index is -1.28. The Balaban J connectivity index is 1.75. The third-order valence-corrected chi connectivity index (χ3v) is 6.34. The lowest BCUT2D eigenvalue weighted by atomic mass is 9.65. The molecular weight excluding hydrogens is 349 g/mol. The molecule has 2 aromatic rings. The highest BCUT2D eigenvalue weighted by molar-refractivity contribution is 5.95. The van der Waals surface area contributed by atoms with Gasteiger partial charge in [-0.05, 0) is 50.2 Å². The largest absolute Gasteiger partial charge is 0.477 e. The fourth-order valence-electron chi connectivity index (χ4n) is 5.13. The van der Waals surface area contributed by atoms with Gasteiger partial charge in [-0.1, -0.05) is 0 Å². The van der Waals surface area contributed by atoms with Gasteiger partial charge in [0.2, 0.25) is 5.43 Å². The molecule has 6 rings (SSSR count). The van der Waals surface area contributed by atoms with E-state index in [9.17, 15) is 14.7 Å². The number of nitrogens with two attached hydrogens (primary N) is 1. The first-order chi connectivity index (χ1) is 12.8. The molecule has 2 saturated heterocycles. The number of aromatic carboxylic acids is 1. The summed E-state index contributed by atoms with van der Waals surface area (Å²) in [4.78, 5) is 26.2. The van der Waals surface area contributed by atoms with Crippen molar-refractivity contribution in [2.24, 2.45) is 11.7 Å². The maximum Gasteiger partial charge on any atom is 0.341 e. The van der Waals surface area contributed by atoms with Crippen molar-refractivity contribution in [3.8, 4) is 0 Å². The molecule has 27 heavy (non-hydrogen) atoms. The molecule has 0 spiro atoms. The zero-order chi connectivity index (χ0) is 19.1. The molecule has 2 saturated carbocycles. The number of carboxylic acids is 1. The number of nitrogens with zero attached hydrogens (tertiary/aromatic N) is 2. The lowest BCUT2D eigenvalue weighted by Crippen LogP contribution is -2.66. The average Bonchev–Trinajstić information content (AvgIpc) is 3.39. The van der Waals surface area contributed by atoms with Crippen molar-refractivity contribution in [2.75, 3.05) is 18.0 Å². The van der Waals surface area contributed by atoms with Crippen molar-refractivity contribution in [3.63, 3.8) is 0 Å². The van der Waals surface area contributed by atoms with E-state index in [1.807, 2.05) is 16.4 Å². The van der Waals surface area contributed by atoms with E-state index in [1.54, 1.807) is 0 Å². The molecule has 0 atom stereocenters. The van der Waals surface area contributed by atoms with Crippen LogP contribution >= 0.6 is 0 Å². The van der Waals surface area contributed by atoms with Crippen LogP contribution in [0.3, 0.4) is 0 Å². The van der Waals surface area contributed by atoms with Crippen LogP contribution in [-0.4, -0.2) is 34.3 Å². The number of carbonyl (C=O) groups is 1. The summed E-state index contributed by atoms with van der Waals surface area (Å²) in [6, 6.07) is 1.38. The summed E-state index contributed by atoms with van der Waals surface area (Å²) < 4.78 is 17.0. The van der Waals surface area contributed by atoms with Crippen LogP contribution < -0.4 is 16.1 Å². The Bertz CT molecular complexity index is 1050. The predicted molar refractivity (Wildman–Crippen MR) is 100.0 cm³/mol. The lowest BCUT2D eigenvalue weighted by Gasteiger charge is -2.55. The second kappa shape index (κ2) is 5.32. The summed E-state index contributed by atoms with van der Waals surface area (Å²) in [5, 5.41) is 9.53. The molecule has 0 unspecified atom stereocenters. The van der Waals surface area contributed by atoms with E-state index in [2.05, 4.69) is 0 Å². The Labute approximate surface area is 155 Å². The zero-order valence-corrected chi connectivity index (χ0v) is 15.2. The highest BCUT2D eigenvalue weighted by Crippen LogP contribution is 2.45. The van der Waals surface area contributed by atoms with Gasteiger partial charge in [0, 0.05) is 36.3 Å². The average molecular weight is 371 g/mol. The molecule has 7 heteroatoms. The summed E-state index contributed by atoms with van der Waals surface area (Å²) in [6.07, 6.45) is 5.25. The smallest absolute Gasteiger partial charge is 0.341 e. The van der Waals surface area contributed by atoms with Crippen molar-refractivity contribution in [3.05, 3.63) is 39.4 Å². The Morgan fingerprint density at radius 3 is 2.67 bits per heavy atom. The molecule has 3 heterocycles. The Morgan fingerprint density at radius 2 is 2.07 bits per heavy atom. The third kappa shape index (κ3) is 2.41. The molecule has 0 amide bonds. The van der Waals surface area contributed by atoms with Gasteiger partial charge in [-0.25, -0.2) is 9.18 Å². The molecule has 4 aliphatic rings. The molecule has 142 valence electrons. The van der Waals surface area contributed by atoms with E-state index in [4.69, 9.17) is 5.73 Å². The van der Waals surface area contributed by atoms with Gasteiger partial charge in [0.25, 0.3) is 0 Å². The van der Waals surface area contributed by atoms with Crippen LogP contribution in [0.15, 0.2) is 17.1 Å². The van der Waals surface area contributed by atoms with Crippen molar-refractivity contribution >= 4 is 22.6 Å². The van der Waals surface area contributed by atoms with E-state index in [0.717, 1.165) is 32.2 Å². The molecule has 2 aliphatic carbocycles. The maximum absolute atomic E-state index is 15.1. The van der Waals surface area contributed by atoms with Gasteiger partial charge in [0.05, 0.1) is 11.2 Å². The number of aromatic nitrogens is 1. The number of anilines is 1. The maximum atomic E-state index is 15.1. The summed E-state index contributed by atoms with van der Waals surface area (Å²) >= 11 is 0. The monoisotopic (exact) mass is 371 g/mol. The Kier molecular flexibility index (Phi) is 3.30. The number of rotatable bonds is 3. The Hall–Kier alpha value is -2.41. The van der Waals surface area contributed by atoms with Crippen LogP contribution in [0, 0.1) is 18.7 Å². The van der Waals surface area contributed by atoms with Crippen LogP contribution in [0.2, 0.25) is 0 Å². The van der Waals surface area contributed by atoms with E-state index in [-0.39, 0.29) is 22.5 Å². The van der Waals surface area contributed by atoms with Gasteiger partial charge in [0.15, 0.2) is 0 Å². The summed E-state index contributed by atoms with van der Waals surface area (Å²) in [5.74, 6) is -1.27. The van der Waals surface area contributed by atoms with Gasteiger partial charge < -0.3 is 20.3 Å². The molecule has 2 bridgehead atoms. The number of carboxylic acid groups (broad SMARTS) is 1. The third-order valence-electron chi connectivity index (χ3n) is 6.34. The normalized spacial score (nSPS) is 26.9. The fraction of sp³-hybridized carbons (Fsp3) is 0.500. The van der Waals surface area contributed by atoms with Gasteiger partial charge in [-0.3, -0.25) is 4.79 Å². The van der Waals surface area contributed by atoms with Crippen LogP contribution in [0.4, 0.5) is 10.1 Å². The van der Waals surface area contributed by atoms with Gasteiger partial charge in [-0.15, -0.1) is 0 Å². The number of piperidine rings is 2. The Morgan fingerprint density at radius 1 is 1.37 bits per heavy atom. The minimum absolute atomic E-state index is 0.144. The standard InChI is InChI=1S/C20H22FN3O3/c1-10-16-13(18(25)14(19(26)27)8-24(16)12-2-3-12)4-15(21)17(10)23-7-11-5-20(22,6-11)9-23/h4,8,11-12H,2-3,5-7,9,22H2,1H3,(H,26,27). The summed E-state index contributed by atoms with van der Waals surface area (Å²) in [7, 11) is 0. The second-order valence-electron chi connectivity index (χ2n) is 8.56. The molecule has 3 N–H and O–H groups in total. The van der Waals surface area contributed by atoms with E-state index in [0.29, 0.717) is 29.2 Å². The molecule has 0 radical (unpaired) electrons. The van der Waals surface area contributed by atoms with Gasteiger partial charge >= 0.3 is 5.97 Å². The molecule has 6 nitrogen and oxygen atoms in total. The summed E-state index contributed by atoms with van der Waals surface area (Å²) in [6.45, 7) is 3.19. The van der Waals surface area contributed by atoms with E-state index in [1.165, 1.54) is 12.3 Å². The lowest BCUT2D eigenvalue weighted by molar-refractivity contribution is 0.0694. The van der Waals surface area contributed by atoms with Crippen LogP contribution in [-0.2, 0) is 0 Å². The number of halogens is 1. The molecule has 1 aromatic carbocycles. The van der Waals surface area contributed by atoms with Crippen LogP contribution in [0.25, 0.3) is 10.9 Å². The molecular formula is C20H22FN3O3. The molecule has 2 aliphatic heterocycles. The van der Waals surface area contributed by atoms with Crippen LogP contribution in [0.1, 0.15) is 47.6 Å². The molecule has 1 aromatic heterocycles. The predicted octanol–water partition coefficient (Wildman–Crippen LogP) is 2.41. The highest BCUT2D eigenvalue weighted by Gasteiger charge is 2.48. The first-order valence-corrected chi connectivity index (χ1v) is 9.42. The number of hydrogen-bond acceptors (Lipinski definition) is 4. The number of fused-ring (bicyclic) bond motifs is 3. The quantitative estimate of drug-likeness (QED) is 0.865. The fourth-order valence-corrected chi connectivity index (χ4v) is 5.13. The zero-order valence-electron chi connectivity index (χ0n) is 15.2. The molecule has 4 fully saturated rings. The van der Waals surface area contributed by atoms with E-state index >= 15 is 4.39 Å². The van der Waals surface area contributed by atoms with Crippen LogP contribution in [0.5, 0.6) is 0 Å².